The fourth-order valence-corrected chi connectivity index (χ4v) is 1.52. The highest BCUT2D eigenvalue weighted by Crippen LogP contribution is 2.08. The Bertz CT molecular complexity index is 333. The second kappa shape index (κ2) is 5.51. The van der Waals surface area contributed by atoms with Crippen LogP contribution >= 0.6 is 0 Å². The summed E-state index contributed by atoms with van der Waals surface area (Å²) >= 11 is 0. The van der Waals surface area contributed by atoms with Gasteiger partial charge in [0.2, 0.25) is 0 Å². The van der Waals surface area contributed by atoms with E-state index in [1.165, 1.54) is 0 Å². The van der Waals surface area contributed by atoms with Gasteiger partial charge in [0.1, 0.15) is 5.75 Å². The Kier molecular flexibility index (Phi) is 3.77. The van der Waals surface area contributed by atoms with Gasteiger partial charge in [-0.25, -0.2) is 0 Å². The number of hydrogen-bond donors (Lipinski definition) is 0. The molecule has 1 aliphatic heterocycles. The summed E-state index contributed by atoms with van der Waals surface area (Å²) in [5, 5.41) is 0. The van der Waals surface area contributed by atoms with Crippen molar-refractivity contribution in [1.29, 1.82) is 0 Å². The van der Waals surface area contributed by atoms with E-state index in [1.807, 2.05) is 12.1 Å². The van der Waals surface area contributed by atoms with Crippen LogP contribution in [0.4, 0.5) is 0 Å². The Morgan fingerprint density at radius 3 is 3.00 bits per heavy atom. The van der Waals surface area contributed by atoms with Crippen LogP contribution in [-0.4, -0.2) is 43.7 Å². The van der Waals surface area contributed by atoms with Crippen LogP contribution in [0.3, 0.4) is 0 Å². The zero-order chi connectivity index (χ0) is 11.2. The van der Waals surface area contributed by atoms with Crippen LogP contribution in [0.5, 0.6) is 5.75 Å². The van der Waals surface area contributed by atoms with Gasteiger partial charge in [-0.15, -0.1) is 0 Å². The molecule has 4 heteroatoms. The lowest BCUT2D eigenvalue weighted by Gasteiger charge is -2.26. The molecule has 0 atom stereocenters. The standard InChI is InChI=1S/C12H14NO3/c14-12(13-6-8-15-9-7-13)10-16-11-4-2-1-3-5-11/h1-2,4-5H,6-10H2. The molecular formula is C12H14NO3. The van der Waals surface area contributed by atoms with E-state index >= 15 is 0 Å². The lowest BCUT2D eigenvalue weighted by atomic mass is 10.3. The maximum Gasteiger partial charge on any atom is 0.260 e. The van der Waals surface area contributed by atoms with Crippen molar-refractivity contribution in [3.8, 4) is 5.75 Å². The summed E-state index contributed by atoms with van der Waals surface area (Å²) < 4.78 is 10.5. The van der Waals surface area contributed by atoms with Crippen molar-refractivity contribution in [3.63, 3.8) is 0 Å². The molecule has 0 bridgehead atoms. The summed E-state index contributed by atoms with van der Waals surface area (Å²) in [7, 11) is 0. The fourth-order valence-electron chi connectivity index (χ4n) is 1.52. The maximum atomic E-state index is 11.7. The van der Waals surface area contributed by atoms with Gasteiger partial charge >= 0.3 is 0 Å². The minimum atomic E-state index is 0.00662. The minimum Gasteiger partial charge on any atom is -0.484 e. The van der Waals surface area contributed by atoms with Gasteiger partial charge < -0.3 is 14.4 Å². The highest BCUT2D eigenvalue weighted by molar-refractivity contribution is 5.77. The summed E-state index contributed by atoms with van der Waals surface area (Å²) in [5.74, 6) is 0.677. The van der Waals surface area contributed by atoms with Gasteiger partial charge in [0.25, 0.3) is 5.91 Å². The summed E-state index contributed by atoms with van der Waals surface area (Å²) in [5.41, 5.74) is 0. The molecule has 0 spiro atoms. The molecule has 1 heterocycles. The Morgan fingerprint density at radius 1 is 1.50 bits per heavy atom. The average Bonchev–Trinajstić information content (AvgIpc) is 2.38. The third-order valence-electron chi connectivity index (χ3n) is 2.40. The number of ether oxygens (including phenoxy) is 2. The second-order valence-corrected chi connectivity index (χ2v) is 3.52. The molecule has 1 aromatic carbocycles. The molecule has 4 nitrogen and oxygen atoms in total. The first-order valence-corrected chi connectivity index (χ1v) is 5.31. The van der Waals surface area contributed by atoms with E-state index in [0.29, 0.717) is 32.1 Å². The van der Waals surface area contributed by atoms with Crippen LogP contribution in [0, 0.1) is 6.07 Å². The zero-order valence-electron chi connectivity index (χ0n) is 9.02. The van der Waals surface area contributed by atoms with Crippen molar-refractivity contribution in [2.45, 2.75) is 0 Å². The molecule has 85 valence electrons. The molecule has 0 saturated carbocycles. The maximum absolute atomic E-state index is 11.7. The first kappa shape index (κ1) is 11.0. The monoisotopic (exact) mass is 220 g/mol. The molecule has 2 rings (SSSR count). The second-order valence-electron chi connectivity index (χ2n) is 3.52. The quantitative estimate of drug-likeness (QED) is 0.753. The van der Waals surface area contributed by atoms with E-state index in [4.69, 9.17) is 9.47 Å². The first-order chi connectivity index (χ1) is 7.86. The number of carbonyl (C=O) groups is 1. The average molecular weight is 220 g/mol. The summed E-state index contributed by atoms with van der Waals surface area (Å²) in [6.07, 6.45) is 0. The van der Waals surface area contributed by atoms with Gasteiger partial charge in [0.05, 0.1) is 13.2 Å². The third kappa shape index (κ3) is 2.97. The van der Waals surface area contributed by atoms with E-state index < -0.39 is 0 Å². The molecule has 0 aliphatic carbocycles. The van der Waals surface area contributed by atoms with Gasteiger partial charge in [0, 0.05) is 13.1 Å². The molecular weight excluding hydrogens is 206 g/mol. The first-order valence-electron chi connectivity index (χ1n) is 5.31. The van der Waals surface area contributed by atoms with Gasteiger partial charge in [-0.3, -0.25) is 4.79 Å². The molecule has 1 aromatic rings. The molecule has 0 aromatic heterocycles. The predicted molar refractivity (Wildman–Crippen MR) is 58.2 cm³/mol. The number of hydrogen-bond acceptors (Lipinski definition) is 3. The summed E-state index contributed by atoms with van der Waals surface area (Å²) in [6.45, 7) is 2.62. The van der Waals surface area contributed by atoms with E-state index in [1.54, 1.807) is 17.0 Å². The third-order valence-corrected chi connectivity index (χ3v) is 2.40. The molecule has 1 saturated heterocycles. The highest BCUT2D eigenvalue weighted by atomic mass is 16.5. The number of carbonyl (C=O) groups excluding carboxylic acids is 1. The van der Waals surface area contributed by atoms with E-state index in [-0.39, 0.29) is 12.5 Å². The van der Waals surface area contributed by atoms with Crippen molar-refractivity contribution in [3.05, 3.63) is 30.3 Å². The molecule has 1 radical (unpaired) electrons. The van der Waals surface area contributed by atoms with Crippen molar-refractivity contribution < 1.29 is 14.3 Å². The molecule has 0 N–H and O–H groups in total. The Balaban J connectivity index is 1.79. The molecule has 1 amide bonds. The number of amides is 1. The van der Waals surface area contributed by atoms with E-state index in [0.717, 1.165) is 0 Å². The molecule has 1 aliphatic rings. The van der Waals surface area contributed by atoms with Crippen LogP contribution < -0.4 is 4.74 Å². The predicted octanol–water partition coefficient (Wildman–Crippen LogP) is 0.724. The van der Waals surface area contributed by atoms with Crippen molar-refractivity contribution in [2.75, 3.05) is 32.9 Å². The SMILES string of the molecule is O=C(COc1c[c]ccc1)N1CCOCC1. The van der Waals surface area contributed by atoms with Gasteiger partial charge in [0.15, 0.2) is 6.61 Å². The van der Waals surface area contributed by atoms with Crippen molar-refractivity contribution in [1.82, 2.24) is 4.90 Å². The Labute approximate surface area is 94.8 Å². The minimum absolute atomic E-state index is 0.00662. The number of benzene rings is 1. The molecule has 16 heavy (non-hydrogen) atoms. The topological polar surface area (TPSA) is 38.8 Å². The van der Waals surface area contributed by atoms with Crippen LogP contribution in [-0.2, 0) is 9.53 Å². The van der Waals surface area contributed by atoms with Gasteiger partial charge in [-0.05, 0) is 18.2 Å². The summed E-state index contributed by atoms with van der Waals surface area (Å²) in [6, 6.07) is 10.0. The lowest BCUT2D eigenvalue weighted by molar-refractivity contribution is -0.137. The molecule has 0 unspecified atom stereocenters. The van der Waals surface area contributed by atoms with E-state index in [2.05, 4.69) is 6.07 Å². The van der Waals surface area contributed by atoms with Crippen LogP contribution in [0.2, 0.25) is 0 Å². The highest BCUT2D eigenvalue weighted by Gasteiger charge is 2.16. The Hall–Kier alpha value is -1.55. The summed E-state index contributed by atoms with van der Waals surface area (Å²) in [4.78, 5) is 13.5. The van der Waals surface area contributed by atoms with Crippen LogP contribution in [0.25, 0.3) is 0 Å². The normalized spacial score (nSPS) is 15.9. The zero-order valence-corrected chi connectivity index (χ0v) is 9.02. The van der Waals surface area contributed by atoms with E-state index in [9.17, 15) is 4.79 Å². The molecule has 1 fully saturated rings. The van der Waals surface area contributed by atoms with Crippen LogP contribution in [0.1, 0.15) is 0 Å². The fraction of sp³-hybridized carbons (Fsp3) is 0.417. The smallest absolute Gasteiger partial charge is 0.260 e. The number of rotatable bonds is 3. The van der Waals surface area contributed by atoms with Crippen molar-refractivity contribution in [2.24, 2.45) is 0 Å². The van der Waals surface area contributed by atoms with Crippen LogP contribution in [0.15, 0.2) is 24.3 Å². The largest absolute Gasteiger partial charge is 0.484 e. The number of morpholine rings is 1. The lowest BCUT2D eigenvalue weighted by Crippen LogP contribution is -2.42. The Morgan fingerprint density at radius 2 is 2.31 bits per heavy atom. The van der Waals surface area contributed by atoms with Gasteiger partial charge in [-0.1, -0.05) is 12.1 Å². The van der Waals surface area contributed by atoms with Crippen molar-refractivity contribution >= 4 is 5.91 Å². The van der Waals surface area contributed by atoms with Gasteiger partial charge in [-0.2, -0.15) is 0 Å². The number of nitrogens with zero attached hydrogens (tertiary/aromatic N) is 1.